The molecule has 4 rings (SSSR count). The van der Waals surface area contributed by atoms with Gasteiger partial charge in [0.15, 0.2) is 0 Å². The Hall–Kier alpha value is -3.60. The van der Waals surface area contributed by atoms with Gasteiger partial charge >= 0.3 is 0 Å². The third-order valence-corrected chi connectivity index (χ3v) is 5.45. The van der Waals surface area contributed by atoms with Gasteiger partial charge in [0.1, 0.15) is 5.66 Å². The number of hydrogen-bond donors (Lipinski definition) is 2. The minimum absolute atomic E-state index is 0.114. The molecule has 0 fully saturated rings. The molecule has 2 N–H and O–H groups in total. The first-order valence-corrected chi connectivity index (χ1v) is 10.1. The van der Waals surface area contributed by atoms with E-state index >= 15 is 0 Å². The van der Waals surface area contributed by atoms with Crippen molar-refractivity contribution in [2.75, 3.05) is 10.2 Å². The number of nitrogens with zero attached hydrogens (tertiary/aromatic N) is 1. The second-order valence-electron chi connectivity index (χ2n) is 7.81. The van der Waals surface area contributed by atoms with E-state index in [-0.39, 0.29) is 18.2 Å². The standard InChI is InChI=1S/C25H25N3O2/c1-18-10-6-9-15-22(18)28-24(30)20-13-7-8-14-21(20)27-25(28,2)16-23(29)26-17-19-11-4-3-5-12-19/h3-15,27H,16-17H2,1-2H3,(H,26,29). The number of anilines is 2. The van der Waals surface area contributed by atoms with E-state index in [4.69, 9.17) is 0 Å². The van der Waals surface area contributed by atoms with Gasteiger partial charge in [-0.25, -0.2) is 0 Å². The first kappa shape index (κ1) is 19.7. The number of hydrogen-bond acceptors (Lipinski definition) is 3. The van der Waals surface area contributed by atoms with Gasteiger partial charge < -0.3 is 10.6 Å². The summed E-state index contributed by atoms with van der Waals surface area (Å²) in [6.07, 6.45) is 0.119. The number of rotatable bonds is 5. The van der Waals surface area contributed by atoms with E-state index in [9.17, 15) is 9.59 Å². The monoisotopic (exact) mass is 399 g/mol. The van der Waals surface area contributed by atoms with E-state index in [1.165, 1.54) is 0 Å². The molecule has 1 atom stereocenters. The normalized spacial score (nSPS) is 17.8. The second-order valence-corrected chi connectivity index (χ2v) is 7.81. The highest BCUT2D eigenvalue weighted by Crippen LogP contribution is 2.38. The molecule has 0 bridgehead atoms. The third kappa shape index (κ3) is 3.79. The van der Waals surface area contributed by atoms with Gasteiger partial charge in [-0.15, -0.1) is 0 Å². The maximum atomic E-state index is 13.5. The van der Waals surface area contributed by atoms with Crippen molar-refractivity contribution in [1.29, 1.82) is 0 Å². The number of carbonyl (C=O) groups excluding carboxylic acids is 2. The van der Waals surface area contributed by atoms with Crippen LogP contribution in [0.15, 0.2) is 78.9 Å². The van der Waals surface area contributed by atoms with Crippen LogP contribution in [0.1, 0.15) is 34.8 Å². The quantitative estimate of drug-likeness (QED) is 0.665. The Morgan fingerprint density at radius 3 is 2.40 bits per heavy atom. The zero-order valence-corrected chi connectivity index (χ0v) is 17.2. The van der Waals surface area contributed by atoms with Crippen LogP contribution >= 0.6 is 0 Å². The van der Waals surface area contributed by atoms with Crippen molar-refractivity contribution in [1.82, 2.24) is 5.32 Å². The van der Waals surface area contributed by atoms with E-state index in [0.29, 0.717) is 12.1 Å². The highest BCUT2D eigenvalue weighted by molar-refractivity contribution is 6.13. The fourth-order valence-electron chi connectivity index (χ4n) is 3.95. The summed E-state index contributed by atoms with van der Waals surface area (Å²) in [6, 6.07) is 25.0. The van der Waals surface area contributed by atoms with Crippen LogP contribution in [0.25, 0.3) is 0 Å². The van der Waals surface area contributed by atoms with Gasteiger partial charge in [-0.05, 0) is 43.2 Å². The summed E-state index contributed by atoms with van der Waals surface area (Å²) >= 11 is 0. The summed E-state index contributed by atoms with van der Waals surface area (Å²) in [4.78, 5) is 28.1. The lowest BCUT2D eigenvalue weighted by Crippen LogP contribution is -2.60. The van der Waals surface area contributed by atoms with Crippen LogP contribution in [-0.2, 0) is 11.3 Å². The molecule has 1 unspecified atom stereocenters. The third-order valence-electron chi connectivity index (χ3n) is 5.45. The summed E-state index contributed by atoms with van der Waals surface area (Å²) in [5.41, 5.74) is 3.24. The van der Waals surface area contributed by atoms with Crippen LogP contribution in [0.4, 0.5) is 11.4 Å². The molecule has 1 heterocycles. The van der Waals surface area contributed by atoms with Crippen molar-refractivity contribution in [2.45, 2.75) is 32.5 Å². The SMILES string of the molecule is Cc1ccccc1N1C(=O)c2ccccc2NC1(C)CC(=O)NCc1ccccc1. The molecule has 2 amide bonds. The summed E-state index contributed by atoms with van der Waals surface area (Å²) in [6.45, 7) is 4.32. The molecule has 30 heavy (non-hydrogen) atoms. The zero-order valence-electron chi connectivity index (χ0n) is 17.2. The fraction of sp³-hybridized carbons (Fsp3) is 0.200. The molecule has 1 aliphatic heterocycles. The van der Waals surface area contributed by atoms with Crippen molar-refractivity contribution in [3.63, 3.8) is 0 Å². The predicted molar refractivity (Wildman–Crippen MR) is 119 cm³/mol. The molecule has 0 radical (unpaired) electrons. The first-order chi connectivity index (χ1) is 14.5. The van der Waals surface area contributed by atoms with Crippen LogP contribution < -0.4 is 15.5 Å². The zero-order chi connectivity index (χ0) is 21.1. The van der Waals surface area contributed by atoms with Crippen LogP contribution in [0.3, 0.4) is 0 Å². The number of benzene rings is 3. The average molecular weight is 399 g/mol. The lowest BCUT2D eigenvalue weighted by molar-refractivity contribution is -0.122. The lowest BCUT2D eigenvalue weighted by Gasteiger charge is -2.46. The van der Waals surface area contributed by atoms with Gasteiger partial charge in [-0.3, -0.25) is 14.5 Å². The van der Waals surface area contributed by atoms with Gasteiger partial charge in [-0.2, -0.15) is 0 Å². The Kier molecular flexibility index (Phi) is 5.27. The van der Waals surface area contributed by atoms with Crippen molar-refractivity contribution in [2.24, 2.45) is 0 Å². The van der Waals surface area contributed by atoms with Crippen molar-refractivity contribution in [3.05, 3.63) is 95.6 Å². The molecular weight excluding hydrogens is 374 g/mol. The molecule has 5 heteroatoms. The summed E-state index contributed by atoms with van der Waals surface area (Å²) in [5.74, 6) is -0.239. The van der Waals surface area contributed by atoms with Gasteiger partial charge in [0.25, 0.3) is 5.91 Å². The molecule has 0 spiro atoms. The summed E-state index contributed by atoms with van der Waals surface area (Å²) < 4.78 is 0. The average Bonchev–Trinajstić information content (AvgIpc) is 2.74. The number of amides is 2. The topological polar surface area (TPSA) is 61.4 Å². The number of fused-ring (bicyclic) bond motifs is 1. The van der Waals surface area contributed by atoms with Gasteiger partial charge in [0.2, 0.25) is 5.91 Å². The molecule has 1 aliphatic rings. The molecule has 3 aromatic carbocycles. The Bertz CT molecular complexity index is 1080. The summed E-state index contributed by atoms with van der Waals surface area (Å²) in [5, 5.41) is 6.43. The smallest absolute Gasteiger partial charge is 0.262 e. The van der Waals surface area contributed by atoms with E-state index in [0.717, 1.165) is 22.5 Å². The molecule has 0 saturated heterocycles. The lowest BCUT2D eigenvalue weighted by atomic mass is 9.95. The molecular formula is C25H25N3O2. The number of para-hydroxylation sites is 2. The van der Waals surface area contributed by atoms with Crippen LogP contribution in [-0.4, -0.2) is 17.5 Å². The van der Waals surface area contributed by atoms with Crippen molar-refractivity contribution >= 4 is 23.2 Å². The van der Waals surface area contributed by atoms with Crippen LogP contribution in [0, 0.1) is 6.92 Å². The van der Waals surface area contributed by atoms with Crippen LogP contribution in [0.5, 0.6) is 0 Å². The Labute approximate surface area is 176 Å². The highest BCUT2D eigenvalue weighted by Gasteiger charge is 2.43. The van der Waals surface area contributed by atoms with E-state index in [1.54, 1.807) is 4.90 Å². The Morgan fingerprint density at radius 2 is 1.63 bits per heavy atom. The molecule has 3 aromatic rings. The maximum Gasteiger partial charge on any atom is 0.262 e. The van der Waals surface area contributed by atoms with Crippen molar-refractivity contribution in [3.8, 4) is 0 Å². The first-order valence-electron chi connectivity index (χ1n) is 10.1. The molecule has 5 nitrogen and oxygen atoms in total. The van der Waals surface area contributed by atoms with Crippen LogP contribution in [0.2, 0.25) is 0 Å². The predicted octanol–water partition coefficient (Wildman–Crippen LogP) is 4.49. The minimum atomic E-state index is -0.904. The summed E-state index contributed by atoms with van der Waals surface area (Å²) in [7, 11) is 0. The molecule has 152 valence electrons. The van der Waals surface area contributed by atoms with Crippen molar-refractivity contribution < 1.29 is 9.59 Å². The molecule has 0 aromatic heterocycles. The minimum Gasteiger partial charge on any atom is -0.361 e. The fourth-order valence-corrected chi connectivity index (χ4v) is 3.95. The molecule has 0 saturated carbocycles. The largest absolute Gasteiger partial charge is 0.361 e. The number of nitrogens with one attached hydrogen (secondary N) is 2. The van der Waals surface area contributed by atoms with Gasteiger partial charge in [-0.1, -0.05) is 60.7 Å². The second kappa shape index (κ2) is 8.03. The maximum absolute atomic E-state index is 13.5. The van der Waals surface area contributed by atoms with E-state index < -0.39 is 5.66 Å². The van der Waals surface area contributed by atoms with E-state index in [2.05, 4.69) is 10.6 Å². The number of aryl methyl sites for hydroxylation is 1. The number of carbonyl (C=O) groups is 2. The molecule has 0 aliphatic carbocycles. The van der Waals surface area contributed by atoms with Gasteiger partial charge in [0.05, 0.1) is 12.0 Å². The van der Waals surface area contributed by atoms with E-state index in [1.807, 2.05) is 92.7 Å². The van der Waals surface area contributed by atoms with Gasteiger partial charge in [0, 0.05) is 17.9 Å². The highest BCUT2D eigenvalue weighted by atomic mass is 16.2. The Morgan fingerprint density at radius 1 is 0.967 bits per heavy atom. The Balaban J connectivity index is 1.65.